The molecule has 2 rings (SSSR count). The molecular formula is C21H24ClNO5. The van der Waals surface area contributed by atoms with E-state index >= 15 is 0 Å². The maximum atomic E-state index is 12.3. The Morgan fingerprint density at radius 2 is 1.79 bits per heavy atom. The van der Waals surface area contributed by atoms with Crippen LogP contribution in [-0.2, 0) is 14.3 Å². The lowest BCUT2D eigenvalue weighted by Gasteiger charge is -2.16. The number of nitrogens with one attached hydrogen (secondary N) is 1. The monoisotopic (exact) mass is 405 g/mol. The first-order chi connectivity index (χ1) is 13.3. The number of carbonyl (C=O) groups is 2. The summed E-state index contributed by atoms with van der Waals surface area (Å²) in [6, 6.07) is 12.3. The fraction of sp³-hybridized carbons (Fsp3) is 0.333. The van der Waals surface area contributed by atoms with Gasteiger partial charge in [0, 0.05) is 5.02 Å². The zero-order valence-corrected chi connectivity index (χ0v) is 17.1. The summed E-state index contributed by atoms with van der Waals surface area (Å²) in [6.07, 6.45) is -1.01. The largest absolute Gasteiger partial charge is 0.495 e. The van der Waals surface area contributed by atoms with Crippen molar-refractivity contribution < 1.29 is 23.8 Å². The maximum Gasteiger partial charge on any atom is 0.344 e. The van der Waals surface area contributed by atoms with E-state index in [1.54, 1.807) is 24.3 Å². The number of methoxy groups -OCH3 is 1. The SMILES string of the molecule is COc1ccc(Cl)cc1NC(=O)[C@@H](C)OC(=O)COc1ccccc1C(C)C. The molecule has 28 heavy (non-hydrogen) atoms. The number of ether oxygens (including phenoxy) is 3. The van der Waals surface area contributed by atoms with Gasteiger partial charge in [0.15, 0.2) is 12.7 Å². The molecule has 0 saturated carbocycles. The van der Waals surface area contributed by atoms with Crippen molar-refractivity contribution in [3.63, 3.8) is 0 Å². The molecule has 0 unspecified atom stereocenters. The van der Waals surface area contributed by atoms with Gasteiger partial charge in [-0.2, -0.15) is 0 Å². The third-order valence-electron chi connectivity index (χ3n) is 3.98. The van der Waals surface area contributed by atoms with Crippen LogP contribution in [0.1, 0.15) is 32.3 Å². The van der Waals surface area contributed by atoms with Crippen LogP contribution >= 0.6 is 11.6 Å². The average molecular weight is 406 g/mol. The first-order valence-corrected chi connectivity index (χ1v) is 9.25. The van der Waals surface area contributed by atoms with Gasteiger partial charge in [0.2, 0.25) is 0 Å². The summed E-state index contributed by atoms with van der Waals surface area (Å²) < 4.78 is 15.9. The van der Waals surface area contributed by atoms with Crippen molar-refractivity contribution >= 4 is 29.2 Å². The molecule has 2 aromatic rings. The first kappa shape index (κ1) is 21.6. The quantitative estimate of drug-likeness (QED) is 0.658. The van der Waals surface area contributed by atoms with Crippen LogP contribution in [0.25, 0.3) is 0 Å². The maximum absolute atomic E-state index is 12.3. The van der Waals surface area contributed by atoms with E-state index in [1.807, 2.05) is 32.0 Å². The summed E-state index contributed by atoms with van der Waals surface area (Å²) in [7, 11) is 1.48. The third-order valence-corrected chi connectivity index (χ3v) is 4.22. The third kappa shape index (κ3) is 5.89. The van der Waals surface area contributed by atoms with Crippen molar-refractivity contribution in [1.29, 1.82) is 0 Å². The number of anilines is 1. The Balaban J connectivity index is 1.92. The zero-order chi connectivity index (χ0) is 20.7. The number of hydrogen-bond donors (Lipinski definition) is 1. The summed E-state index contributed by atoms with van der Waals surface area (Å²) in [6.45, 7) is 5.27. The Morgan fingerprint density at radius 1 is 1.07 bits per heavy atom. The second-order valence-corrected chi connectivity index (χ2v) is 6.88. The minimum atomic E-state index is -1.01. The van der Waals surface area contributed by atoms with Gasteiger partial charge in [-0.05, 0) is 42.7 Å². The predicted molar refractivity (Wildman–Crippen MR) is 108 cm³/mol. The standard InChI is InChI=1S/C21H24ClNO5/c1-13(2)16-7-5-6-8-18(16)27-12-20(24)28-14(3)21(25)23-17-11-15(22)9-10-19(17)26-4/h5-11,13-14H,12H2,1-4H3,(H,23,25)/t14-/m1/s1. The molecule has 150 valence electrons. The van der Waals surface area contributed by atoms with Gasteiger partial charge in [0.25, 0.3) is 5.91 Å². The van der Waals surface area contributed by atoms with Crippen molar-refractivity contribution in [2.75, 3.05) is 19.0 Å². The van der Waals surface area contributed by atoms with Crippen LogP contribution in [0.15, 0.2) is 42.5 Å². The number of carbonyl (C=O) groups excluding carboxylic acids is 2. The van der Waals surface area contributed by atoms with E-state index in [9.17, 15) is 9.59 Å². The highest BCUT2D eigenvalue weighted by Crippen LogP contribution is 2.28. The fourth-order valence-corrected chi connectivity index (χ4v) is 2.69. The molecule has 0 fully saturated rings. The summed E-state index contributed by atoms with van der Waals surface area (Å²) in [5.41, 5.74) is 1.39. The van der Waals surface area contributed by atoms with Gasteiger partial charge in [-0.3, -0.25) is 4.79 Å². The van der Waals surface area contributed by atoms with Gasteiger partial charge in [0.1, 0.15) is 11.5 Å². The van der Waals surface area contributed by atoms with Crippen LogP contribution < -0.4 is 14.8 Å². The lowest BCUT2D eigenvalue weighted by molar-refractivity contribution is -0.155. The van der Waals surface area contributed by atoms with Crippen molar-refractivity contribution in [3.8, 4) is 11.5 Å². The first-order valence-electron chi connectivity index (χ1n) is 8.87. The minimum absolute atomic E-state index is 0.254. The topological polar surface area (TPSA) is 73.9 Å². The van der Waals surface area contributed by atoms with Crippen LogP contribution in [-0.4, -0.2) is 31.7 Å². The van der Waals surface area contributed by atoms with Crippen molar-refractivity contribution in [1.82, 2.24) is 0 Å². The van der Waals surface area contributed by atoms with Gasteiger partial charge in [0.05, 0.1) is 12.8 Å². The molecule has 0 aliphatic carbocycles. The zero-order valence-electron chi connectivity index (χ0n) is 16.3. The molecule has 0 bridgehead atoms. The summed E-state index contributed by atoms with van der Waals surface area (Å²) in [4.78, 5) is 24.4. The highest BCUT2D eigenvalue weighted by molar-refractivity contribution is 6.31. The molecule has 0 aliphatic rings. The predicted octanol–water partition coefficient (Wildman–Crippen LogP) is 4.42. The normalized spacial score (nSPS) is 11.6. The molecule has 0 radical (unpaired) electrons. The molecule has 0 aliphatic heterocycles. The number of rotatable bonds is 8. The summed E-state index contributed by atoms with van der Waals surface area (Å²) in [5.74, 6) is 0.181. The molecule has 0 heterocycles. The van der Waals surface area contributed by atoms with Gasteiger partial charge in [-0.1, -0.05) is 43.6 Å². The molecule has 6 nitrogen and oxygen atoms in total. The van der Waals surface area contributed by atoms with Crippen molar-refractivity contribution in [3.05, 3.63) is 53.1 Å². The Kier molecular flexibility index (Phi) is 7.70. The van der Waals surface area contributed by atoms with Crippen molar-refractivity contribution in [2.45, 2.75) is 32.8 Å². The average Bonchev–Trinajstić information content (AvgIpc) is 2.66. The minimum Gasteiger partial charge on any atom is -0.495 e. The Bertz CT molecular complexity index is 837. The Morgan fingerprint density at radius 3 is 2.46 bits per heavy atom. The second kappa shape index (κ2) is 9.99. The molecule has 0 spiro atoms. The second-order valence-electron chi connectivity index (χ2n) is 6.45. The van der Waals surface area contributed by atoms with Crippen LogP contribution in [0, 0.1) is 0 Å². The van der Waals surface area contributed by atoms with Crippen LogP contribution in [0.2, 0.25) is 5.02 Å². The van der Waals surface area contributed by atoms with E-state index in [0.29, 0.717) is 22.2 Å². The lowest BCUT2D eigenvalue weighted by atomic mass is 10.0. The molecule has 0 aromatic heterocycles. The van der Waals surface area contributed by atoms with Gasteiger partial charge < -0.3 is 19.5 Å². The highest BCUT2D eigenvalue weighted by Gasteiger charge is 2.20. The molecule has 0 saturated heterocycles. The number of benzene rings is 2. The van der Waals surface area contributed by atoms with Crippen LogP contribution in [0.3, 0.4) is 0 Å². The van der Waals surface area contributed by atoms with Crippen molar-refractivity contribution in [2.24, 2.45) is 0 Å². The van der Waals surface area contributed by atoms with E-state index in [-0.39, 0.29) is 12.5 Å². The van der Waals surface area contributed by atoms with Crippen LogP contribution in [0.5, 0.6) is 11.5 Å². The van der Waals surface area contributed by atoms with E-state index in [4.69, 9.17) is 25.8 Å². The van der Waals surface area contributed by atoms with E-state index < -0.39 is 18.0 Å². The van der Waals surface area contributed by atoms with E-state index in [1.165, 1.54) is 14.0 Å². The highest BCUT2D eigenvalue weighted by atomic mass is 35.5. The molecular weight excluding hydrogens is 382 g/mol. The fourth-order valence-electron chi connectivity index (χ4n) is 2.52. The van der Waals surface area contributed by atoms with Crippen LogP contribution in [0.4, 0.5) is 5.69 Å². The Hall–Kier alpha value is -2.73. The van der Waals surface area contributed by atoms with Gasteiger partial charge in [-0.15, -0.1) is 0 Å². The number of para-hydroxylation sites is 1. The molecule has 2 aromatic carbocycles. The molecule has 1 amide bonds. The Labute approximate surface area is 169 Å². The lowest BCUT2D eigenvalue weighted by Crippen LogP contribution is -2.31. The van der Waals surface area contributed by atoms with Gasteiger partial charge >= 0.3 is 5.97 Å². The molecule has 1 N–H and O–H groups in total. The number of halogens is 1. The molecule has 1 atom stereocenters. The summed E-state index contributed by atoms with van der Waals surface area (Å²) >= 11 is 5.95. The van der Waals surface area contributed by atoms with E-state index in [2.05, 4.69) is 5.32 Å². The smallest absolute Gasteiger partial charge is 0.344 e. The number of hydrogen-bond acceptors (Lipinski definition) is 5. The molecule has 7 heteroatoms. The van der Waals surface area contributed by atoms with Gasteiger partial charge in [-0.25, -0.2) is 4.79 Å². The number of esters is 1. The van der Waals surface area contributed by atoms with E-state index in [0.717, 1.165) is 5.56 Å². The number of amides is 1. The summed E-state index contributed by atoms with van der Waals surface area (Å²) in [5, 5.41) is 3.08.